The van der Waals surface area contributed by atoms with Gasteiger partial charge in [0.15, 0.2) is 5.82 Å². The van der Waals surface area contributed by atoms with Gasteiger partial charge >= 0.3 is 0 Å². The van der Waals surface area contributed by atoms with Crippen LogP contribution in [0.4, 0.5) is 5.82 Å². The van der Waals surface area contributed by atoms with Crippen LogP contribution in [0, 0.1) is 0 Å². The standard InChI is InChI=1S/C12H13BrN4O2/c1-18-9-2-3-11(10(13)4-9)19-7-8-5-16-12(17-14)6-15-8/h2-6H,7,14H2,1H3,(H,16,17). The molecule has 0 aliphatic heterocycles. The molecule has 0 spiro atoms. The van der Waals surface area contributed by atoms with E-state index in [-0.39, 0.29) is 0 Å². The fourth-order valence-corrected chi connectivity index (χ4v) is 1.85. The Hall–Kier alpha value is -1.86. The topological polar surface area (TPSA) is 82.3 Å². The molecule has 2 aromatic rings. The highest BCUT2D eigenvalue weighted by atomic mass is 79.9. The van der Waals surface area contributed by atoms with Crippen LogP contribution in [0.2, 0.25) is 0 Å². The third kappa shape index (κ3) is 3.55. The third-order valence-electron chi connectivity index (χ3n) is 2.37. The van der Waals surface area contributed by atoms with Gasteiger partial charge in [0.25, 0.3) is 0 Å². The van der Waals surface area contributed by atoms with Crippen molar-refractivity contribution in [1.29, 1.82) is 0 Å². The summed E-state index contributed by atoms with van der Waals surface area (Å²) in [5.41, 5.74) is 3.12. The summed E-state index contributed by atoms with van der Waals surface area (Å²) in [6, 6.07) is 5.49. The summed E-state index contributed by atoms with van der Waals surface area (Å²) in [6.07, 6.45) is 3.15. The minimum atomic E-state index is 0.322. The fraction of sp³-hybridized carbons (Fsp3) is 0.167. The minimum Gasteiger partial charge on any atom is -0.497 e. The Morgan fingerprint density at radius 2 is 2.16 bits per heavy atom. The Morgan fingerprint density at radius 3 is 2.74 bits per heavy atom. The molecule has 0 saturated heterocycles. The zero-order valence-electron chi connectivity index (χ0n) is 10.3. The molecule has 0 saturated carbocycles. The monoisotopic (exact) mass is 324 g/mol. The molecule has 6 nitrogen and oxygen atoms in total. The molecule has 0 fully saturated rings. The highest BCUT2D eigenvalue weighted by molar-refractivity contribution is 9.10. The zero-order valence-corrected chi connectivity index (χ0v) is 11.8. The van der Waals surface area contributed by atoms with Crippen LogP contribution in [0.3, 0.4) is 0 Å². The first-order chi connectivity index (χ1) is 9.22. The fourth-order valence-electron chi connectivity index (χ4n) is 1.38. The molecule has 19 heavy (non-hydrogen) atoms. The maximum atomic E-state index is 5.64. The van der Waals surface area contributed by atoms with Gasteiger partial charge in [0, 0.05) is 0 Å². The first-order valence-corrected chi connectivity index (χ1v) is 6.26. The average molecular weight is 325 g/mol. The summed E-state index contributed by atoms with van der Waals surface area (Å²) in [5.74, 6) is 7.19. The largest absolute Gasteiger partial charge is 0.497 e. The van der Waals surface area contributed by atoms with Crippen LogP contribution in [0.5, 0.6) is 11.5 Å². The number of rotatable bonds is 5. The first-order valence-electron chi connectivity index (χ1n) is 5.47. The molecule has 0 unspecified atom stereocenters. The lowest BCUT2D eigenvalue weighted by Gasteiger charge is -2.09. The number of hydrogen-bond donors (Lipinski definition) is 2. The maximum Gasteiger partial charge on any atom is 0.158 e. The summed E-state index contributed by atoms with van der Waals surface area (Å²) >= 11 is 3.42. The van der Waals surface area contributed by atoms with Crippen molar-refractivity contribution < 1.29 is 9.47 Å². The molecule has 1 heterocycles. The van der Waals surface area contributed by atoms with Gasteiger partial charge in [-0.1, -0.05) is 0 Å². The molecule has 7 heteroatoms. The molecule has 0 atom stereocenters. The molecular weight excluding hydrogens is 312 g/mol. The number of nitrogens with one attached hydrogen (secondary N) is 1. The van der Waals surface area contributed by atoms with Crippen molar-refractivity contribution in [3.05, 3.63) is 40.8 Å². The van der Waals surface area contributed by atoms with E-state index in [1.807, 2.05) is 18.2 Å². The van der Waals surface area contributed by atoms with Crippen LogP contribution in [0.25, 0.3) is 0 Å². The lowest BCUT2D eigenvalue weighted by molar-refractivity contribution is 0.298. The number of halogens is 1. The second-order valence-corrected chi connectivity index (χ2v) is 4.48. The third-order valence-corrected chi connectivity index (χ3v) is 2.99. The van der Waals surface area contributed by atoms with Crippen LogP contribution >= 0.6 is 15.9 Å². The van der Waals surface area contributed by atoms with E-state index in [2.05, 4.69) is 31.3 Å². The summed E-state index contributed by atoms with van der Waals surface area (Å²) in [4.78, 5) is 8.21. The van der Waals surface area contributed by atoms with Crippen molar-refractivity contribution in [2.45, 2.75) is 6.61 Å². The highest BCUT2D eigenvalue weighted by Gasteiger charge is 2.04. The molecule has 0 bridgehead atoms. The predicted octanol–water partition coefficient (Wildman–Crippen LogP) is 2.11. The van der Waals surface area contributed by atoms with Crippen molar-refractivity contribution in [3.8, 4) is 11.5 Å². The van der Waals surface area contributed by atoms with Gasteiger partial charge in [0.2, 0.25) is 0 Å². The van der Waals surface area contributed by atoms with Gasteiger partial charge < -0.3 is 14.9 Å². The second kappa shape index (κ2) is 6.35. The predicted molar refractivity (Wildman–Crippen MR) is 74.9 cm³/mol. The van der Waals surface area contributed by atoms with E-state index in [4.69, 9.17) is 15.3 Å². The summed E-state index contributed by atoms with van der Waals surface area (Å²) in [5, 5.41) is 0. The van der Waals surface area contributed by atoms with Gasteiger partial charge in [-0.05, 0) is 34.1 Å². The van der Waals surface area contributed by atoms with E-state index in [1.54, 1.807) is 19.5 Å². The van der Waals surface area contributed by atoms with Crippen molar-refractivity contribution in [2.24, 2.45) is 5.84 Å². The highest BCUT2D eigenvalue weighted by Crippen LogP contribution is 2.29. The Balaban J connectivity index is 2.01. The van der Waals surface area contributed by atoms with E-state index < -0.39 is 0 Å². The number of aromatic nitrogens is 2. The number of nitrogens with zero attached hydrogens (tertiary/aromatic N) is 2. The van der Waals surface area contributed by atoms with Crippen molar-refractivity contribution in [2.75, 3.05) is 12.5 Å². The molecule has 0 aliphatic rings. The number of benzene rings is 1. The number of hydrogen-bond acceptors (Lipinski definition) is 6. The molecular formula is C12H13BrN4O2. The molecule has 2 rings (SSSR count). The van der Waals surface area contributed by atoms with E-state index in [0.717, 1.165) is 10.2 Å². The molecule has 100 valence electrons. The number of nitrogens with two attached hydrogens (primary N) is 1. The van der Waals surface area contributed by atoms with E-state index in [9.17, 15) is 0 Å². The van der Waals surface area contributed by atoms with Crippen LogP contribution in [-0.4, -0.2) is 17.1 Å². The lowest BCUT2D eigenvalue weighted by atomic mass is 10.3. The summed E-state index contributed by atoms with van der Waals surface area (Å²) < 4.78 is 11.6. The Morgan fingerprint density at radius 1 is 1.32 bits per heavy atom. The maximum absolute atomic E-state index is 5.64. The number of hydrazine groups is 1. The SMILES string of the molecule is COc1ccc(OCc2cnc(NN)cn2)c(Br)c1. The molecule has 0 aliphatic carbocycles. The van der Waals surface area contributed by atoms with Gasteiger partial charge in [-0.3, -0.25) is 4.98 Å². The first kappa shape index (κ1) is 13.6. The normalized spacial score (nSPS) is 10.1. The Labute approximate surface area is 119 Å². The smallest absolute Gasteiger partial charge is 0.158 e. The van der Waals surface area contributed by atoms with E-state index in [0.29, 0.717) is 23.9 Å². The van der Waals surface area contributed by atoms with Crippen LogP contribution in [0.1, 0.15) is 5.69 Å². The number of methoxy groups -OCH3 is 1. The lowest BCUT2D eigenvalue weighted by Crippen LogP contribution is -2.09. The summed E-state index contributed by atoms with van der Waals surface area (Å²) in [6.45, 7) is 0.322. The molecule has 1 aromatic heterocycles. The molecule has 0 amide bonds. The molecule has 1 aromatic carbocycles. The molecule has 3 N–H and O–H groups in total. The van der Waals surface area contributed by atoms with Gasteiger partial charge in [0.1, 0.15) is 18.1 Å². The second-order valence-electron chi connectivity index (χ2n) is 3.62. The van der Waals surface area contributed by atoms with Crippen molar-refractivity contribution in [3.63, 3.8) is 0 Å². The zero-order chi connectivity index (χ0) is 13.7. The van der Waals surface area contributed by atoms with E-state index >= 15 is 0 Å². The molecule has 0 radical (unpaired) electrons. The number of ether oxygens (including phenoxy) is 2. The van der Waals surface area contributed by atoms with Gasteiger partial charge in [-0.25, -0.2) is 10.8 Å². The van der Waals surface area contributed by atoms with Gasteiger partial charge in [-0.15, -0.1) is 0 Å². The van der Waals surface area contributed by atoms with Crippen LogP contribution in [-0.2, 0) is 6.61 Å². The Bertz CT molecular complexity index is 548. The minimum absolute atomic E-state index is 0.322. The van der Waals surface area contributed by atoms with E-state index in [1.165, 1.54) is 0 Å². The quantitative estimate of drug-likeness (QED) is 0.647. The summed E-state index contributed by atoms with van der Waals surface area (Å²) in [7, 11) is 1.62. The van der Waals surface area contributed by atoms with Gasteiger partial charge in [0.05, 0.1) is 29.7 Å². The number of anilines is 1. The van der Waals surface area contributed by atoms with Gasteiger partial charge in [-0.2, -0.15) is 0 Å². The Kier molecular flexibility index (Phi) is 4.53. The van der Waals surface area contributed by atoms with Crippen LogP contribution < -0.4 is 20.7 Å². The number of nitrogen functional groups attached to an aromatic ring is 1. The van der Waals surface area contributed by atoms with Crippen LogP contribution in [0.15, 0.2) is 35.1 Å². The van der Waals surface area contributed by atoms with Crippen molar-refractivity contribution in [1.82, 2.24) is 9.97 Å². The average Bonchev–Trinajstić information content (AvgIpc) is 2.46. The van der Waals surface area contributed by atoms with Crippen molar-refractivity contribution >= 4 is 21.7 Å².